The van der Waals surface area contributed by atoms with E-state index < -0.39 is 4.92 Å². The Morgan fingerprint density at radius 2 is 2.24 bits per heavy atom. The summed E-state index contributed by atoms with van der Waals surface area (Å²) in [6.45, 7) is 1.81. The first-order chi connectivity index (χ1) is 8.13. The number of hydrogen-bond acceptors (Lipinski definition) is 4. The van der Waals surface area contributed by atoms with Gasteiger partial charge in [0.25, 0.3) is 5.69 Å². The van der Waals surface area contributed by atoms with Gasteiger partial charge < -0.3 is 0 Å². The van der Waals surface area contributed by atoms with Crippen LogP contribution in [-0.2, 0) is 0 Å². The van der Waals surface area contributed by atoms with E-state index in [-0.39, 0.29) is 5.69 Å². The Labute approximate surface area is 96.4 Å². The molecule has 0 atom stereocenters. The number of nitro benzene ring substituents is 1. The van der Waals surface area contributed by atoms with Crippen molar-refractivity contribution in [2.45, 2.75) is 6.92 Å². The Kier molecular flexibility index (Phi) is 2.70. The maximum Gasteiger partial charge on any atom is 0.270 e. The zero-order chi connectivity index (χ0) is 12.4. The maximum atomic E-state index is 10.8. The molecule has 17 heavy (non-hydrogen) atoms. The fraction of sp³-hybridized carbons (Fsp3) is 0.0909. The van der Waals surface area contributed by atoms with Gasteiger partial charge in [0.2, 0.25) is 0 Å². The highest BCUT2D eigenvalue weighted by Gasteiger charge is 2.14. The van der Waals surface area contributed by atoms with Crippen molar-refractivity contribution in [3.8, 4) is 11.3 Å². The van der Waals surface area contributed by atoms with Crippen LogP contribution in [0.3, 0.4) is 0 Å². The predicted molar refractivity (Wildman–Crippen MR) is 60.8 cm³/mol. The third kappa shape index (κ3) is 1.92. The maximum absolute atomic E-state index is 10.8. The van der Waals surface area contributed by atoms with Gasteiger partial charge in [0.1, 0.15) is 0 Å². The van der Waals surface area contributed by atoms with Gasteiger partial charge >= 0.3 is 0 Å². The molecule has 1 aromatic heterocycles. The van der Waals surface area contributed by atoms with Crippen LogP contribution < -0.4 is 0 Å². The second-order valence-corrected chi connectivity index (χ2v) is 3.57. The Bertz CT molecular complexity index is 589. The fourth-order valence-corrected chi connectivity index (χ4v) is 1.59. The molecule has 0 amide bonds. The Morgan fingerprint density at radius 3 is 2.88 bits per heavy atom. The second-order valence-electron chi connectivity index (χ2n) is 3.57. The highest BCUT2D eigenvalue weighted by molar-refractivity contribution is 5.86. The Morgan fingerprint density at radius 1 is 1.47 bits per heavy atom. The van der Waals surface area contributed by atoms with E-state index in [1.54, 1.807) is 6.07 Å². The summed E-state index contributed by atoms with van der Waals surface area (Å²) < 4.78 is 0. The molecule has 0 radical (unpaired) electrons. The molecule has 0 saturated heterocycles. The summed E-state index contributed by atoms with van der Waals surface area (Å²) in [4.78, 5) is 21.0. The van der Waals surface area contributed by atoms with Crippen LogP contribution in [0.4, 0.5) is 5.69 Å². The number of rotatable bonds is 3. The summed E-state index contributed by atoms with van der Waals surface area (Å²) in [6, 6.07) is 4.49. The van der Waals surface area contributed by atoms with E-state index >= 15 is 0 Å². The molecule has 0 saturated carbocycles. The van der Waals surface area contributed by atoms with Gasteiger partial charge in [-0.1, -0.05) is 6.07 Å². The smallest absolute Gasteiger partial charge is 0.270 e. The summed E-state index contributed by atoms with van der Waals surface area (Å²) in [5.74, 6) is 0. The minimum atomic E-state index is -0.472. The van der Waals surface area contributed by atoms with Crippen LogP contribution in [0.2, 0.25) is 0 Å². The lowest BCUT2D eigenvalue weighted by Crippen LogP contribution is -1.92. The van der Waals surface area contributed by atoms with Gasteiger partial charge in [-0.2, -0.15) is 5.10 Å². The number of aromatic nitrogens is 2. The van der Waals surface area contributed by atoms with Crippen molar-refractivity contribution in [3.63, 3.8) is 0 Å². The first-order valence-electron chi connectivity index (χ1n) is 4.87. The molecule has 1 aromatic carbocycles. The summed E-state index contributed by atoms with van der Waals surface area (Å²) in [5.41, 5.74) is 2.31. The quantitative estimate of drug-likeness (QED) is 0.497. The topological polar surface area (TPSA) is 88.9 Å². The van der Waals surface area contributed by atoms with Gasteiger partial charge in [-0.25, -0.2) is 0 Å². The monoisotopic (exact) mass is 231 g/mol. The number of nitrogens with zero attached hydrogens (tertiary/aromatic N) is 2. The number of hydrogen-bond donors (Lipinski definition) is 1. The van der Waals surface area contributed by atoms with Crippen LogP contribution in [0.5, 0.6) is 0 Å². The third-order valence-corrected chi connectivity index (χ3v) is 2.50. The molecule has 2 aromatic rings. The van der Waals surface area contributed by atoms with Crippen LogP contribution in [0.25, 0.3) is 11.3 Å². The largest absolute Gasteiger partial charge is 0.298 e. The summed E-state index contributed by atoms with van der Waals surface area (Å²) >= 11 is 0. The van der Waals surface area contributed by atoms with Crippen molar-refractivity contribution in [1.29, 1.82) is 0 Å². The molecular weight excluding hydrogens is 222 g/mol. The number of non-ortho nitro benzene ring substituents is 1. The number of aromatic amines is 1. The summed E-state index contributed by atoms with van der Waals surface area (Å²) in [7, 11) is 0. The third-order valence-electron chi connectivity index (χ3n) is 2.50. The van der Waals surface area contributed by atoms with E-state index in [9.17, 15) is 14.9 Å². The molecule has 1 heterocycles. The SMILES string of the molecule is Cc1ccc([N+](=O)[O-])cc1-c1[nH]ncc1C=O. The van der Waals surface area contributed by atoms with E-state index in [2.05, 4.69) is 10.2 Å². The van der Waals surface area contributed by atoms with Crippen molar-refractivity contribution >= 4 is 12.0 Å². The van der Waals surface area contributed by atoms with Crippen molar-refractivity contribution in [2.75, 3.05) is 0 Å². The highest BCUT2D eigenvalue weighted by atomic mass is 16.6. The summed E-state index contributed by atoms with van der Waals surface area (Å²) in [5, 5.41) is 17.1. The molecule has 0 spiro atoms. The molecule has 0 unspecified atom stereocenters. The number of aldehydes is 1. The van der Waals surface area contributed by atoms with Crippen molar-refractivity contribution in [3.05, 3.63) is 45.6 Å². The molecule has 0 fully saturated rings. The number of carbonyl (C=O) groups excluding carboxylic acids is 1. The zero-order valence-corrected chi connectivity index (χ0v) is 9.01. The molecule has 1 N–H and O–H groups in total. The van der Waals surface area contributed by atoms with Crippen LogP contribution in [0, 0.1) is 17.0 Å². The first-order valence-corrected chi connectivity index (χ1v) is 4.87. The standard InChI is InChI=1S/C11H9N3O3/c1-7-2-3-9(14(16)17)4-10(7)11-8(6-15)5-12-13-11/h2-6H,1H3,(H,12,13). The average Bonchev–Trinajstić information content (AvgIpc) is 2.77. The van der Waals surface area contributed by atoms with Crippen molar-refractivity contribution < 1.29 is 9.72 Å². The minimum Gasteiger partial charge on any atom is -0.298 e. The van der Waals surface area contributed by atoms with E-state index in [1.807, 2.05) is 6.92 Å². The van der Waals surface area contributed by atoms with Gasteiger partial charge in [-0.3, -0.25) is 20.0 Å². The van der Waals surface area contributed by atoms with Crippen molar-refractivity contribution in [2.24, 2.45) is 0 Å². The second kappa shape index (κ2) is 4.17. The van der Waals surface area contributed by atoms with E-state index in [0.717, 1.165) is 5.56 Å². The Balaban J connectivity index is 2.62. The molecule has 86 valence electrons. The fourth-order valence-electron chi connectivity index (χ4n) is 1.59. The number of nitrogens with one attached hydrogen (secondary N) is 1. The van der Waals surface area contributed by atoms with Crippen LogP contribution in [-0.4, -0.2) is 21.4 Å². The van der Waals surface area contributed by atoms with Gasteiger partial charge in [-0.05, 0) is 12.5 Å². The molecule has 0 bridgehead atoms. The molecule has 6 nitrogen and oxygen atoms in total. The van der Waals surface area contributed by atoms with Crippen LogP contribution in [0.15, 0.2) is 24.4 Å². The van der Waals surface area contributed by atoms with Crippen molar-refractivity contribution in [1.82, 2.24) is 10.2 Å². The minimum absolute atomic E-state index is 0.0166. The lowest BCUT2D eigenvalue weighted by Gasteiger charge is -2.03. The average molecular weight is 231 g/mol. The number of nitro groups is 1. The number of carbonyl (C=O) groups is 1. The van der Waals surface area contributed by atoms with E-state index in [4.69, 9.17) is 0 Å². The van der Waals surface area contributed by atoms with Gasteiger partial charge in [-0.15, -0.1) is 0 Å². The number of benzene rings is 1. The molecule has 2 rings (SSSR count). The van der Waals surface area contributed by atoms with Crippen LogP contribution in [0.1, 0.15) is 15.9 Å². The van der Waals surface area contributed by atoms with Gasteiger partial charge in [0.15, 0.2) is 6.29 Å². The van der Waals surface area contributed by atoms with Gasteiger partial charge in [0.05, 0.1) is 22.4 Å². The van der Waals surface area contributed by atoms with E-state index in [1.165, 1.54) is 18.3 Å². The van der Waals surface area contributed by atoms with Gasteiger partial charge in [0, 0.05) is 17.7 Å². The van der Waals surface area contributed by atoms with E-state index in [0.29, 0.717) is 23.1 Å². The molecular formula is C11H9N3O3. The highest BCUT2D eigenvalue weighted by Crippen LogP contribution is 2.27. The number of H-pyrrole nitrogens is 1. The predicted octanol–water partition coefficient (Wildman–Crippen LogP) is 2.11. The Hall–Kier alpha value is -2.50. The first kappa shape index (κ1) is 11.0. The van der Waals surface area contributed by atoms with Crippen LogP contribution >= 0.6 is 0 Å². The lowest BCUT2D eigenvalue weighted by atomic mass is 10.0. The summed E-state index contributed by atoms with van der Waals surface area (Å²) in [6.07, 6.45) is 2.05. The molecule has 6 heteroatoms. The zero-order valence-electron chi connectivity index (χ0n) is 9.01. The normalized spacial score (nSPS) is 10.2. The lowest BCUT2D eigenvalue weighted by molar-refractivity contribution is -0.384. The molecule has 0 aliphatic carbocycles. The molecule has 0 aliphatic rings. The molecule has 0 aliphatic heterocycles. The number of aryl methyl sites for hydroxylation is 1.